The molecule has 2 N–H and O–H groups in total. The van der Waals surface area contributed by atoms with E-state index < -0.39 is 5.97 Å². The summed E-state index contributed by atoms with van der Waals surface area (Å²) in [7, 11) is 1.48. The van der Waals surface area contributed by atoms with Crippen molar-refractivity contribution >= 4 is 11.9 Å². The van der Waals surface area contributed by atoms with Gasteiger partial charge in [0.05, 0.1) is 12.7 Å². The van der Waals surface area contributed by atoms with Crippen molar-refractivity contribution in [3.63, 3.8) is 0 Å². The monoisotopic (exact) mass is 396 g/mol. The molecular weight excluding hydrogens is 376 g/mol. The van der Waals surface area contributed by atoms with Gasteiger partial charge in [0.25, 0.3) is 0 Å². The molecule has 9 heteroatoms. The number of ether oxygens (including phenoxy) is 1. The van der Waals surface area contributed by atoms with Crippen LogP contribution in [0.4, 0.5) is 0 Å². The molecule has 0 spiro atoms. The van der Waals surface area contributed by atoms with E-state index in [0.29, 0.717) is 42.5 Å². The van der Waals surface area contributed by atoms with Crippen LogP contribution in [0.1, 0.15) is 28.2 Å². The Bertz CT molecular complexity index is 988. The van der Waals surface area contributed by atoms with E-state index in [4.69, 9.17) is 14.4 Å². The van der Waals surface area contributed by atoms with E-state index in [1.54, 1.807) is 24.4 Å². The van der Waals surface area contributed by atoms with Gasteiger partial charge in [-0.25, -0.2) is 4.79 Å². The number of rotatable bonds is 9. The smallest absolute Gasteiger partial charge is 0.335 e. The number of carboxylic acids is 1. The fraction of sp³-hybridized carbons (Fsp3) is 0.250. The Hall–Kier alpha value is -3.75. The number of carbonyl (C=O) groups excluding carboxylic acids is 1. The van der Waals surface area contributed by atoms with Gasteiger partial charge in [-0.2, -0.15) is 4.98 Å². The van der Waals surface area contributed by atoms with E-state index in [0.717, 1.165) is 5.56 Å². The summed E-state index contributed by atoms with van der Waals surface area (Å²) >= 11 is 0. The molecule has 1 aromatic carbocycles. The molecule has 0 atom stereocenters. The molecule has 0 aliphatic carbocycles. The number of benzene rings is 1. The molecule has 2 heterocycles. The van der Waals surface area contributed by atoms with Gasteiger partial charge in [0.2, 0.25) is 17.6 Å². The van der Waals surface area contributed by atoms with Crippen LogP contribution in [0.5, 0.6) is 5.75 Å². The van der Waals surface area contributed by atoms with E-state index in [1.165, 1.54) is 19.2 Å². The zero-order valence-electron chi connectivity index (χ0n) is 15.8. The van der Waals surface area contributed by atoms with Crippen molar-refractivity contribution in [2.75, 3.05) is 13.7 Å². The lowest BCUT2D eigenvalue weighted by atomic mass is 10.1. The van der Waals surface area contributed by atoms with Crippen LogP contribution in [-0.2, 0) is 17.6 Å². The summed E-state index contributed by atoms with van der Waals surface area (Å²) in [6.45, 7) is 0.393. The number of nitrogens with zero attached hydrogens (tertiary/aromatic N) is 3. The minimum Gasteiger partial charge on any atom is -0.496 e. The van der Waals surface area contributed by atoms with Crippen molar-refractivity contribution in [2.24, 2.45) is 0 Å². The second-order valence-electron chi connectivity index (χ2n) is 6.16. The summed E-state index contributed by atoms with van der Waals surface area (Å²) in [4.78, 5) is 31.5. The minimum atomic E-state index is -1.02. The molecule has 0 saturated carbocycles. The van der Waals surface area contributed by atoms with Crippen LogP contribution in [0, 0.1) is 0 Å². The SMILES string of the molecule is COc1cc(C(=O)O)ccc1CCNC(=O)CCc1nc(-c2ccccn2)no1. The van der Waals surface area contributed by atoms with Crippen molar-refractivity contribution < 1.29 is 24.0 Å². The summed E-state index contributed by atoms with van der Waals surface area (Å²) in [5, 5.41) is 15.7. The van der Waals surface area contributed by atoms with E-state index >= 15 is 0 Å². The number of nitrogens with one attached hydrogen (secondary N) is 1. The normalized spacial score (nSPS) is 10.5. The third kappa shape index (κ3) is 5.38. The Morgan fingerprint density at radius 3 is 2.79 bits per heavy atom. The fourth-order valence-electron chi connectivity index (χ4n) is 2.69. The highest BCUT2D eigenvalue weighted by Gasteiger charge is 2.12. The maximum Gasteiger partial charge on any atom is 0.335 e. The second-order valence-corrected chi connectivity index (χ2v) is 6.16. The van der Waals surface area contributed by atoms with E-state index in [9.17, 15) is 9.59 Å². The van der Waals surface area contributed by atoms with Crippen LogP contribution in [0.2, 0.25) is 0 Å². The lowest BCUT2D eigenvalue weighted by molar-refractivity contribution is -0.121. The topological polar surface area (TPSA) is 127 Å². The number of carbonyl (C=O) groups is 2. The lowest BCUT2D eigenvalue weighted by Gasteiger charge is -2.10. The summed E-state index contributed by atoms with van der Waals surface area (Å²) in [5.74, 6) is 0.0655. The molecule has 0 fully saturated rings. The lowest BCUT2D eigenvalue weighted by Crippen LogP contribution is -2.26. The minimum absolute atomic E-state index is 0.149. The Kier molecular flexibility index (Phi) is 6.51. The number of aromatic nitrogens is 3. The number of methoxy groups -OCH3 is 1. The Balaban J connectivity index is 1.46. The van der Waals surface area contributed by atoms with E-state index in [-0.39, 0.29) is 17.9 Å². The predicted molar refractivity (Wildman–Crippen MR) is 103 cm³/mol. The number of carboxylic acid groups (broad SMARTS) is 1. The zero-order chi connectivity index (χ0) is 20.6. The van der Waals surface area contributed by atoms with Gasteiger partial charge in [-0.1, -0.05) is 17.3 Å². The van der Waals surface area contributed by atoms with Crippen molar-refractivity contribution in [1.29, 1.82) is 0 Å². The van der Waals surface area contributed by atoms with Gasteiger partial charge in [-0.05, 0) is 36.2 Å². The highest BCUT2D eigenvalue weighted by atomic mass is 16.5. The van der Waals surface area contributed by atoms with Crippen molar-refractivity contribution in [3.8, 4) is 17.3 Å². The van der Waals surface area contributed by atoms with Crippen LogP contribution in [0.15, 0.2) is 47.1 Å². The first kappa shape index (κ1) is 20.0. The van der Waals surface area contributed by atoms with Crippen LogP contribution in [-0.4, -0.2) is 45.8 Å². The summed E-state index contributed by atoms with van der Waals surface area (Å²) < 4.78 is 10.4. The van der Waals surface area contributed by atoms with Gasteiger partial charge < -0.3 is 19.7 Å². The molecule has 0 saturated heterocycles. The molecule has 150 valence electrons. The first-order chi connectivity index (χ1) is 14.1. The Morgan fingerprint density at radius 2 is 2.07 bits per heavy atom. The molecule has 3 rings (SSSR count). The largest absolute Gasteiger partial charge is 0.496 e. The maximum atomic E-state index is 12.1. The quantitative estimate of drug-likeness (QED) is 0.563. The predicted octanol–water partition coefficient (Wildman–Crippen LogP) is 2.13. The summed E-state index contributed by atoms with van der Waals surface area (Å²) in [5.41, 5.74) is 1.57. The highest BCUT2D eigenvalue weighted by Crippen LogP contribution is 2.20. The van der Waals surface area contributed by atoms with Gasteiger partial charge in [0.1, 0.15) is 11.4 Å². The van der Waals surface area contributed by atoms with Gasteiger partial charge in [0.15, 0.2) is 0 Å². The fourth-order valence-corrected chi connectivity index (χ4v) is 2.69. The number of aryl methyl sites for hydroxylation is 1. The number of hydrogen-bond acceptors (Lipinski definition) is 7. The molecular formula is C20H20N4O5. The maximum absolute atomic E-state index is 12.1. The Labute approximate surface area is 166 Å². The highest BCUT2D eigenvalue weighted by molar-refractivity contribution is 5.88. The first-order valence-electron chi connectivity index (χ1n) is 8.97. The molecule has 0 unspecified atom stereocenters. The number of aromatic carboxylic acids is 1. The third-order valence-corrected chi connectivity index (χ3v) is 4.18. The molecule has 0 aliphatic rings. The van der Waals surface area contributed by atoms with Crippen molar-refractivity contribution in [1.82, 2.24) is 20.4 Å². The van der Waals surface area contributed by atoms with Crippen molar-refractivity contribution in [3.05, 3.63) is 59.6 Å². The standard InChI is InChI=1S/C20H20N4O5/c1-28-16-12-14(20(26)27)6-5-13(16)9-11-22-17(25)7-8-18-23-19(24-29-18)15-4-2-3-10-21-15/h2-6,10,12H,7-9,11H2,1H3,(H,22,25)(H,26,27). The molecule has 0 bridgehead atoms. The first-order valence-corrected chi connectivity index (χ1v) is 8.97. The molecule has 2 aromatic heterocycles. The summed E-state index contributed by atoms with van der Waals surface area (Å²) in [6, 6.07) is 10.1. The molecule has 0 radical (unpaired) electrons. The molecule has 3 aromatic rings. The van der Waals surface area contributed by atoms with Crippen LogP contribution in [0.3, 0.4) is 0 Å². The second kappa shape index (κ2) is 9.45. The molecule has 0 aliphatic heterocycles. The van der Waals surface area contributed by atoms with Crippen LogP contribution >= 0.6 is 0 Å². The number of hydrogen-bond donors (Lipinski definition) is 2. The van der Waals surface area contributed by atoms with Gasteiger partial charge in [-0.15, -0.1) is 0 Å². The van der Waals surface area contributed by atoms with Gasteiger partial charge in [0, 0.05) is 25.6 Å². The third-order valence-electron chi connectivity index (χ3n) is 4.18. The molecule has 1 amide bonds. The van der Waals surface area contributed by atoms with Gasteiger partial charge >= 0.3 is 5.97 Å². The van der Waals surface area contributed by atoms with E-state index in [2.05, 4.69) is 20.4 Å². The zero-order valence-corrected chi connectivity index (χ0v) is 15.8. The average Bonchev–Trinajstić information content (AvgIpc) is 3.22. The molecule has 9 nitrogen and oxygen atoms in total. The van der Waals surface area contributed by atoms with Crippen molar-refractivity contribution in [2.45, 2.75) is 19.3 Å². The van der Waals surface area contributed by atoms with Crippen LogP contribution in [0.25, 0.3) is 11.5 Å². The van der Waals surface area contributed by atoms with Crippen LogP contribution < -0.4 is 10.1 Å². The molecule has 29 heavy (non-hydrogen) atoms. The number of amides is 1. The van der Waals surface area contributed by atoms with Gasteiger partial charge in [-0.3, -0.25) is 9.78 Å². The average molecular weight is 396 g/mol. The number of pyridine rings is 1. The summed E-state index contributed by atoms with van der Waals surface area (Å²) in [6.07, 6.45) is 2.68. The Morgan fingerprint density at radius 1 is 1.21 bits per heavy atom. The van der Waals surface area contributed by atoms with E-state index in [1.807, 2.05) is 6.07 Å².